The van der Waals surface area contributed by atoms with Crippen molar-refractivity contribution in [3.8, 4) is 17.2 Å². The number of carbonyl (C=O) groups is 1. The van der Waals surface area contributed by atoms with E-state index in [9.17, 15) is 13.2 Å². The maximum atomic E-state index is 14.5. The van der Waals surface area contributed by atoms with Gasteiger partial charge in [-0.15, -0.1) is 0 Å². The highest BCUT2D eigenvalue weighted by Crippen LogP contribution is 2.45. The fourth-order valence-electron chi connectivity index (χ4n) is 5.40. The number of amides is 1. The number of hydrogen-bond donors (Lipinski definition) is 3. The third kappa shape index (κ3) is 8.42. The molecule has 0 saturated carbocycles. The Kier molecular flexibility index (Phi) is 11.9. The number of nitrogens with one attached hydrogen (secondary N) is 2. The summed E-state index contributed by atoms with van der Waals surface area (Å²) in [7, 11) is -0.717. The number of sulfone groups is 1. The van der Waals surface area contributed by atoms with Gasteiger partial charge in [0.2, 0.25) is 5.90 Å². The van der Waals surface area contributed by atoms with E-state index in [4.69, 9.17) is 29.0 Å². The van der Waals surface area contributed by atoms with E-state index in [1.807, 2.05) is 30.3 Å². The van der Waals surface area contributed by atoms with Crippen LogP contribution in [0.25, 0.3) is 0 Å². The lowest BCUT2D eigenvalue weighted by Crippen LogP contribution is -2.53. The average molecular weight is 753 g/mol. The van der Waals surface area contributed by atoms with Gasteiger partial charge in [-0.3, -0.25) is 10.2 Å². The normalized spacial score (nSPS) is 17.1. The monoisotopic (exact) mass is 751 g/mol. The Hall–Kier alpha value is -4.43. The summed E-state index contributed by atoms with van der Waals surface area (Å²) in [6, 6.07) is 27.8. The number of ether oxygens (including phenoxy) is 4. The first kappa shape index (κ1) is 35.9. The molecule has 0 aromatic heterocycles. The minimum atomic E-state index is -3.81. The fourth-order valence-corrected chi connectivity index (χ4v) is 7.28. The summed E-state index contributed by atoms with van der Waals surface area (Å²) in [4.78, 5) is 19.5. The first-order valence-electron chi connectivity index (χ1n) is 15.6. The van der Waals surface area contributed by atoms with Gasteiger partial charge in [0.05, 0.1) is 31.5 Å². The van der Waals surface area contributed by atoms with Crippen LogP contribution in [0.4, 0.5) is 0 Å². The zero-order chi connectivity index (χ0) is 34.9. The highest BCUT2D eigenvalue weighted by molar-refractivity contribution is 9.10. The van der Waals surface area contributed by atoms with Gasteiger partial charge in [-0.05, 0) is 60.2 Å². The van der Waals surface area contributed by atoms with Gasteiger partial charge in [-0.2, -0.15) is 0 Å². The molecule has 1 aliphatic rings. The minimum Gasteiger partial charge on any atom is -0.494 e. The van der Waals surface area contributed by atoms with Crippen molar-refractivity contribution in [1.82, 2.24) is 10.9 Å². The van der Waals surface area contributed by atoms with E-state index < -0.39 is 27.4 Å². The summed E-state index contributed by atoms with van der Waals surface area (Å²) in [5, 5.41) is 9.08. The van der Waals surface area contributed by atoms with Crippen molar-refractivity contribution in [2.75, 3.05) is 33.2 Å². The van der Waals surface area contributed by atoms with Crippen molar-refractivity contribution in [2.45, 2.75) is 35.9 Å². The quantitative estimate of drug-likeness (QED) is 0.104. The van der Waals surface area contributed by atoms with Crippen LogP contribution in [-0.4, -0.2) is 64.1 Å². The van der Waals surface area contributed by atoms with Crippen LogP contribution in [0.1, 0.15) is 35.6 Å². The molecule has 0 radical (unpaired) electrons. The van der Waals surface area contributed by atoms with Crippen LogP contribution >= 0.6 is 15.9 Å². The number of hydrazine groups is 1. The van der Waals surface area contributed by atoms with E-state index in [2.05, 4.69) is 26.8 Å². The number of aliphatic hydroxyl groups excluding tert-OH is 1. The lowest BCUT2D eigenvalue weighted by atomic mass is 9.85. The van der Waals surface area contributed by atoms with Gasteiger partial charge in [-0.25, -0.2) is 18.8 Å². The number of hydrogen-bond acceptors (Lipinski definition) is 10. The summed E-state index contributed by atoms with van der Waals surface area (Å²) in [6.07, 6.45) is -0.687. The highest BCUT2D eigenvalue weighted by Gasteiger charge is 2.54. The SMILES string of the molecule is COc1ccc(CNNC(=O)[C@@]2(CCS(=O)(=O)c3ccccc3)N=C(c3ccc(OCCCO)cc3)O[C@H]2c2ccccc2Br)cc1OC. The number of benzene rings is 4. The molecule has 0 spiro atoms. The van der Waals surface area contributed by atoms with Gasteiger partial charge in [0.15, 0.2) is 33.0 Å². The smallest absolute Gasteiger partial charge is 0.266 e. The topological polar surface area (TPSA) is 145 Å². The summed E-state index contributed by atoms with van der Waals surface area (Å²) in [5.41, 5.74) is 6.05. The molecule has 0 unspecified atom stereocenters. The molecule has 2 atom stereocenters. The Labute approximate surface area is 294 Å². The van der Waals surface area contributed by atoms with Crippen LogP contribution in [0.5, 0.6) is 17.2 Å². The summed E-state index contributed by atoms with van der Waals surface area (Å²) < 4.78 is 50.7. The lowest BCUT2D eigenvalue weighted by Gasteiger charge is -2.31. The predicted molar refractivity (Wildman–Crippen MR) is 189 cm³/mol. The van der Waals surface area contributed by atoms with Gasteiger partial charge < -0.3 is 24.1 Å². The molecule has 0 aliphatic carbocycles. The van der Waals surface area contributed by atoms with E-state index in [0.29, 0.717) is 45.9 Å². The van der Waals surface area contributed by atoms with E-state index in [1.165, 1.54) is 12.1 Å². The summed E-state index contributed by atoms with van der Waals surface area (Å²) in [6.45, 7) is 0.596. The first-order chi connectivity index (χ1) is 23.7. The Bertz CT molecular complexity index is 1870. The van der Waals surface area contributed by atoms with Crippen molar-refractivity contribution in [3.63, 3.8) is 0 Å². The van der Waals surface area contributed by atoms with Crippen LogP contribution in [0.2, 0.25) is 0 Å². The predicted octanol–water partition coefficient (Wildman–Crippen LogP) is 5.17. The number of nitrogens with zero attached hydrogens (tertiary/aromatic N) is 1. The molecule has 4 aromatic carbocycles. The molecule has 13 heteroatoms. The largest absolute Gasteiger partial charge is 0.494 e. The third-order valence-electron chi connectivity index (χ3n) is 8.01. The standard InChI is InChI=1S/C36H38BrN3O8S/c1-45-31-18-13-25(23-32(31)46-2)24-38-40-35(42)36(19-22-49(43,44)28-9-4-3-5-10-28)33(29-11-6-7-12-30(29)37)48-34(39-36)26-14-16-27(17-15-26)47-21-8-20-41/h3-7,9-18,23,33,38,41H,8,19-22,24H2,1-2H3,(H,40,42)/t33-,36-/m0/s1. The zero-order valence-electron chi connectivity index (χ0n) is 27.1. The number of aliphatic hydroxyl groups is 1. The van der Waals surface area contributed by atoms with Crippen LogP contribution in [0, 0.1) is 0 Å². The van der Waals surface area contributed by atoms with Gasteiger partial charge >= 0.3 is 0 Å². The second-order valence-electron chi connectivity index (χ2n) is 11.2. The molecule has 5 rings (SSSR count). The molecule has 1 aliphatic heterocycles. The zero-order valence-corrected chi connectivity index (χ0v) is 29.5. The van der Waals surface area contributed by atoms with Crippen molar-refractivity contribution >= 4 is 37.6 Å². The van der Waals surface area contributed by atoms with E-state index in [1.54, 1.807) is 68.8 Å². The second kappa shape index (κ2) is 16.3. The van der Waals surface area contributed by atoms with Crippen LogP contribution in [0.3, 0.4) is 0 Å². The number of aliphatic imine (C=N–C) groups is 1. The Morgan fingerprint density at radius 2 is 1.67 bits per heavy atom. The average Bonchev–Trinajstić information content (AvgIpc) is 3.52. The molecule has 3 N–H and O–H groups in total. The molecule has 4 aromatic rings. The van der Waals surface area contributed by atoms with Crippen molar-refractivity contribution < 1.29 is 37.3 Å². The molecular formula is C36H38BrN3O8S. The van der Waals surface area contributed by atoms with E-state index in [-0.39, 0.29) is 36.1 Å². The van der Waals surface area contributed by atoms with Gasteiger partial charge in [-0.1, -0.05) is 58.4 Å². The molecular weight excluding hydrogens is 714 g/mol. The summed E-state index contributed by atoms with van der Waals surface area (Å²) >= 11 is 3.61. The van der Waals surface area contributed by atoms with Crippen molar-refractivity contribution in [2.24, 2.45) is 4.99 Å². The molecule has 0 saturated heterocycles. The summed E-state index contributed by atoms with van der Waals surface area (Å²) in [5.74, 6) is 0.924. The fraction of sp³-hybridized carbons (Fsp3) is 0.278. The van der Waals surface area contributed by atoms with E-state index in [0.717, 1.165) is 5.56 Å². The number of carbonyl (C=O) groups excluding carboxylic acids is 1. The molecule has 11 nitrogen and oxygen atoms in total. The van der Waals surface area contributed by atoms with Crippen LogP contribution in [0.15, 0.2) is 111 Å². The number of rotatable bonds is 16. The van der Waals surface area contributed by atoms with Gasteiger partial charge in [0, 0.05) is 41.6 Å². The Morgan fingerprint density at radius 1 is 0.959 bits per heavy atom. The van der Waals surface area contributed by atoms with Gasteiger partial charge in [0.1, 0.15) is 5.75 Å². The maximum absolute atomic E-state index is 14.5. The molecule has 1 amide bonds. The molecule has 0 fully saturated rings. The van der Waals surface area contributed by atoms with Crippen molar-refractivity contribution in [1.29, 1.82) is 0 Å². The molecule has 0 bridgehead atoms. The first-order valence-corrected chi connectivity index (χ1v) is 18.0. The third-order valence-corrected chi connectivity index (χ3v) is 10.5. The number of methoxy groups -OCH3 is 2. The van der Waals surface area contributed by atoms with Gasteiger partial charge in [0.25, 0.3) is 5.91 Å². The maximum Gasteiger partial charge on any atom is 0.266 e. The van der Waals surface area contributed by atoms with Crippen LogP contribution in [-0.2, 0) is 25.9 Å². The highest BCUT2D eigenvalue weighted by atomic mass is 79.9. The number of halogens is 1. The molecule has 1 heterocycles. The second-order valence-corrected chi connectivity index (χ2v) is 14.2. The van der Waals surface area contributed by atoms with E-state index >= 15 is 0 Å². The molecule has 49 heavy (non-hydrogen) atoms. The minimum absolute atomic E-state index is 0.0203. The Balaban J connectivity index is 1.51. The Morgan fingerprint density at radius 3 is 2.37 bits per heavy atom. The molecule has 258 valence electrons. The van der Waals surface area contributed by atoms with Crippen molar-refractivity contribution in [3.05, 3.63) is 118 Å². The van der Waals surface area contributed by atoms with Crippen LogP contribution < -0.4 is 25.1 Å². The lowest BCUT2D eigenvalue weighted by molar-refractivity contribution is -0.130.